The molecule has 40 heavy (non-hydrogen) atoms. The molecule has 0 amide bonds. The molecular weight excluding hydrogens is 506 g/mol. The fourth-order valence-corrected chi connectivity index (χ4v) is 8.41. The van der Waals surface area contributed by atoms with Crippen LogP contribution in [-0.2, 0) is 25.4 Å². The molecule has 5 nitrogen and oxygen atoms in total. The number of aromatic nitrogens is 2. The summed E-state index contributed by atoms with van der Waals surface area (Å²) in [4.78, 5) is 11.8. The lowest BCUT2D eigenvalue weighted by molar-refractivity contribution is -0.0444. The number of hydrogen-bond acceptors (Lipinski definition) is 5. The standard InChI is InChI=1S/C33H38F2N4O/c1-32(34,35)26-5-3-7-28(14-26)40-27-6-2-4-22(13-27)18-39-9-8-29-30(19-39)37-21-38-31(29)36-20-33-15-23-10-24(16-33)12-25(11-23)17-33/h2-7,13-14,21,23-25H,8-12,15-20H2,1H3,(H,36,37,38). The minimum atomic E-state index is -2.90. The molecule has 210 valence electrons. The molecule has 7 heteroatoms. The summed E-state index contributed by atoms with van der Waals surface area (Å²) in [6.07, 6.45) is 11.2. The van der Waals surface area contributed by atoms with Gasteiger partial charge in [0.2, 0.25) is 0 Å². The van der Waals surface area contributed by atoms with Crippen LogP contribution in [0.15, 0.2) is 54.9 Å². The minimum Gasteiger partial charge on any atom is -0.457 e. The summed E-state index contributed by atoms with van der Waals surface area (Å²) in [7, 11) is 0. The van der Waals surface area contributed by atoms with Gasteiger partial charge in [-0.05, 0) is 97.9 Å². The summed E-state index contributed by atoms with van der Waals surface area (Å²) >= 11 is 0. The predicted octanol–water partition coefficient (Wildman–Crippen LogP) is 7.57. The van der Waals surface area contributed by atoms with E-state index in [0.717, 1.165) is 74.4 Å². The van der Waals surface area contributed by atoms with E-state index in [0.29, 0.717) is 16.9 Å². The van der Waals surface area contributed by atoms with E-state index in [9.17, 15) is 8.78 Å². The largest absolute Gasteiger partial charge is 0.457 e. The highest BCUT2D eigenvalue weighted by Gasteiger charge is 2.50. The van der Waals surface area contributed by atoms with Crippen LogP contribution in [0.25, 0.3) is 0 Å². The molecule has 4 aliphatic carbocycles. The fourth-order valence-electron chi connectivity index (χ4n) is 8.41. The van der Waals surface area contributed by atoms with Gasteiger partial charge < -0.3 is 10.1 Å². The van der Waals surface area contributed by atoms with E-state index in [-0.39, 0.29) is 5.56 Å². The lowest BCUT2D eigenvalue weighted by Crippen LogP contribution is -2.49. The van der Waals surface area contributed by atoms with Gasteiger partial charge in [0.15, 0.2) is 0 Å². The maximum Gasteiger partial charge on any atom is 0.270 e. The van der Waals surface area contributed by atoms with Gasteiger partial charge in [-0.1, -0.05) is 24.3 Å². The lowest BCUT2D eigenvalue weighted by atomic mass is 9.49. The molecule has 4 bridgehead atoms. The van der Waals surface area contributed by atoms with Crippen molar-refractivity contribution in [3.8, 4) is 11.5 Å². The Kier molecular flexibility index (Phi) is 6.53. The zero-order valence-corrected chi connectivity index (χ0v) is 23.2. The molecule has 0 spiro atoms. The SMILES string of the molecule is CC(F)(F)c1cccc(Oc2cccc(CN3CCc4c(ncnc4NCC45CC6CC(CC(C6)C4)C5)C3)c2)c1. The number of ether oxygens (including phenoxy) is 1. The number of nitrogens with zero attached hydrogens (tertiary/aromatic N) is 3. The number of halogens is 2. The quantitative estimate of drug-likeness (QED) is 0.317. The van der Waals surface area contributed by atoms with E-state index in [2.05, 4.69) is 26.3 Å². The second-order valence-electron chi connectivity index (χ2n) is 13.0. The number of hydrogen-bond donors (Lipinski definition) is 1. The van der Waals surface area contributed by atoms with Crippen LogP contribution in [0, 0.1) is 23.2 Å². The molecule has 5 aliphatic rings. The Bertz CT molecular complexity index is 1350. The van der Waals surface area contributed by atoms with Gasteiger partial charge >= 0.3 is 0 Å². The van der Waals surface area contributed by atoms with Crippen molar-refractivity contribution in [2.24, 2.45) is 23.2 Å². The normalized spacial score (nSPS) is 27.4. The van der Waals surface area contributed by atoms with Crippen LogP contribution in [-0.4, -0.2) is 28.0 Å². The fraction of sp³-hybridized carbons (Fsp3) is 0.515. The number of benzene rings is 2. The summed E-state index contributed by atoms with van der Waals surface area (Å²) in [6, 6.07) is 14.0. The summed E-state index contributed by atoms with van der Waals surface area (Å²) < 4.78 is 33.4. The van der Waals surface area contributed by atoms with Crippen LogP contribution in [0.3, 0.4) is 0 Å². The topological polar surface area (TPSA) is 50.3 Å². The van der Waals surface area contributed by atoms with Crippen LogP contribution in [0.4, 0.5) is 14.6 Å². The van der Waals surface area contributed by atoms with Crippen LogP contribution in [0.5, 0.6) is 11.5 Å². The molecule has 0 saturated heterocycles. The molecule has 0 unspecified atom stereocenters. The number of fused-ring (bicyclic) bond motifs is 1. The molecule has 2 aromatic carbocycles. The van der Waals surface area contributed by atoms with Crippen molar-refractivity contribution in [2.75, 3.05) is 18.4 Å². The summed E-state index contributed by atoms with van der Waals surface area (Å²) in [5.41, 5.74) is 3.92. The number of anilines is 1. The third kappa shape index (κ3) is 5.32. The smallest absolute Gasteiger partial charge is 0.270 e. The average Bonchev–Trinajstić information content (AvgIpc) is 2.91. The van der Waals surface area contributed by atoms with Gasteiger partial charge in [-0.3, -0.25) is 4.90 Å². The number of alkyl halides is 2. The Labute approximate surface area is 235 Å². The molecule has 4 fully saturated rings. The van der Waals surface area contributed by atoms with Crippen LogP contribution >= 0.6 is 0 Å². The van der Waals surface area contributed by atoms with E-state index in [4.69, 9.17) is 4.74 Å². The van der Waals surface area contributed by atoms with Crippen LogP contribution in [0.1, 0.15) is 67.8 Å². The molecule has 4 saturated carbocycles. The Balaban J connectivity index is 0.994. The monoisotopic (exact) mass is 544 g/mol. The molecule has 8 rings (SSSR count). The highest BCUT2D eigenvalue weighted by molar-refractivity contribution is 5.47. The molecule has 0 atom stereocenters. The third-order valence-corrected chi connectivity index (χ3v) is 9.76. The van der Waals surface area contributed by atoms with Gasteiger partial charge in [0, 0.05) is 44.2 Å². The van der Waals surface area contributed by atoms with Gasteiger partial charge in [0.05, 0.1) is 5.69 Å². The Morgan fingerprint density at radius 3 is 2.40 bits per heavy atom. The highest BCUT2D eigenvalue weighted by Crippen LogP contribution is 2.60. The molecule has 1 N–H and O–H groups in total. The van der Waals surface area contributed by atoms with E-state index < -0.39 is 5.92 Å². The van der Waals surface area contributed by atoms with Crippen molar-refractivity contribution in [3.63, 3.8) is 0 Å². The van der Waals surface area contributed by atoms with E-state index in [1.807, 2.05) is 18.2 Å². The van der Waals surface area contributed by atoms with Crippen molar-refractivity contribution in [3.05, 3.63) is 77.2 Å². The Morgan fingerprint density at radius 2 is 1.68 bits per heavy atom. The van der Waals surface area contributed by atoms with Gasteiger partial charge in [-0.2, -0.15) is 0 Å². The predicted molar refractivity (Wildman–Crippen MR) is 151 cm³/mol. The van der Waals surface area contributed by atoms with Gasteiger partial charge in [0.1, 0.15) is 23.6 Å². The minimum absolute atomic E-state index is 0.0538. The van der Waals surface area contributed by atoms with E-state index in [1.165, 1.54) is 56.2 Å². The zero-order valence-electron chi connectivity index (χ0n) is 23.2. The number of rotatable bonds is 8. The number of nitrogens with one attached hydrogen (secondary N) is 1. The Morgan fingerprint density at radius 1 is 0.975 bits per heavy atom. The molecule has 3 aromatic rings. The van der Waals surface area contributed by atoms with Crippen LogP contribution in [0.2, 0.25) is 0 Å². The first-order chi connectivity index (χ1) is 19.3. The van der Waals surface area contributed by atoms with E-state index >= 15 is 0 Å². The molecular formula is C33H38F2N4O. The van der Waals surface area contributed by atoms with Crippen molar-refractivity contribution in [1.82, 2.24) is 14.9 Å². The molecule has 1 aromatic heterocycles. The highest BCUT2D eigenvalue weighted by atomic mass is 19.3. The van der Waals surface area contributed by atoms with Crippen molar-refractivity contribution in [2.45, 2.75) is 70.9 Å². The zero-order chi connectivity index (χ0) is 27.3. The van der Waals surface area contributed by atoms with Gasteiger partial charge in [-0.15, -0.1) is 0 Å². The van der Waals surface area contributed by atoms with Crippen molar-refractivity contribution >= 4 is 5.82 Å². The van der Waals surface area contributed by atoms with Crippen LogP contribution < -0.4 is 10.1 Å². The molecule has 1 aliphatic heterocycles. The average molecular weight is 545 g/mol. The maximum absolute atomic E-state index is 13.7. The van der Waals surface area contributed by atoms with Gasteiger partial charge in [0.25, 0.3) is 5.92 Å². The van der Waals surface area contributed by atoms with Crippen molar-refractivity contribution < 1.29 is 13.5 Å². The second kappa shape index (κ2) is 10.1. The van der Waals surface area contributed by atoms with Crippen molar-refractivity contribution in [1.29, 1.82) is 0 Å². The van der Waals surface area contributed by atoms with E-state index in [1.54, 1.807) is 18.5 Å². The maximum atomic E-state index is 13.7. The summed E-state index contributed by atoms with van der Waals surface area (Å²) in [6.45, 7) is 4.43. The first kappa shape index (κ1) is 25.9. The molecule has 0 radical (unpaired) electrons. The van der Waals surface area contributed by atoms with Gasteiger partial charge in [-0.25, -0.2) is 18.7 Å². The first-order valence-electron chi connectivity index (χ1n) is 14.8. The first-order valence-corrected chi connectivity index (χ1v) is 14.8. The summed E-state index contributed by atoms with van der Waals surface area (Å²) in [5, 5.41) is 3.81. The third-order valence-electron chi connectivity index (χ3n) is 9.76. The molecule has 2 heterocycles. The summed E-state index contributed by atoms with van der Waals surface area (Å²) in [5.74, 6) is 2.05. The lowest BCUT2D eigenvalue weighted by Gasteiger charge is -2.57. The second-order valence-corrected chi connectivity index (χ2v) is 13.0. The Hall–Kier alpha value is -3.06.